The van der Waals surface area contributed by atoms with E-state index < -0.39 is 45.2 Å². The van der Waals surface area contributed by atoms with Crippen LogP contribution < -0.4 is 4.74 Å². The minimum Gasteiger partial charge on any atom is -0.459 e. The van der Waals surface area contributed by atoms with Crippen molar-refractivity contribution < 1.29 is 36.8 Å². The van der Waals surface area contributed by atoms with Crippen molar-refractivity contribution in [3.8, 4) is 5.75 Å². The zero-order chi connectivity index (χ0) is 33.9. The molecule has 4 aromatic rings. The number of carbonyl (C=O) groups is 3. The van der Waals surface area contributed by atoms with E-state index in [1.165, 1.54) is 41.1 Å². The second kappa shape index (κ2) is 10.9. The minimum atomic E-state index is -4.53. The second-order valence-corrected chi connectivity index (χ2v) is 16.7. The number of carbonyl (C=O) groups excluding carboxylic acids is 3. The van der Waals surface area contributed by atoms with Gasteiger partial charge in [0.2, 0.25) is 5.91 Å². The van der Waals surface area contributed by atoms with Gasteiger partial charge >= 0.3 is 11.9 Å². The van der Waals surface area contributed by atoms with Gasteiger partial charge < -0.3 is 14.4 Å². The lowest BCUT2D eigenvalue weighted by Gasteiger charge is -2.45. The summed E-state index contributed by atoms with van der Waals surface area (Å²) < 4.78 is 46.4. The first-order chi connectivity index (χ1) is 23.5. The Labute approximate surface area is 287 Å². The fourth-order valence-corrected chi connectivity index (χ4v) is 12.3. The summed E-state index contributed by atoms with van der Waals surface area (Å²) in [6.07, 6.45) is -0.0706. The average Bonchev–Trinajstić information content (AvgIpc) is 3.71. The van der Waals surface area contributed by atoms with Crippen LogP contribution in [0.5, 0.6) is 5.75 Å². The molecule has 0 radical (unpaired) electrons. The first-order valence-electron chi connectivity index (χ1n) is 16.6. The molecule has 0 aromatic heterocycles. The Hall–Kier alpha value is -4.19. The monoisotopic (exact) mass is 695 g/mol. The van der Waals surface area contributed by atoms with Gasteiger partial charge in [0, 0.05) is 33.9 Å². The van der Waals surface area contributed by atoms with Crippen molar-refractivity contribution in [2.24, 2.45) is 17.8 Å². The van der Waals surface area contributed by atoms with E-state index in [4.69, 9.17) is 9.47 Å². The molecule has 7 atom stereocenters. The summed E-state index contributed by atoms with van der Waals surface area (Å²) in [6, 6.07) is 25.1. The SMILES string of the molecule is CC(C)N1C(=O)C2C3SC(C(OC(=O)C4CC5c6ccccc6C4c4ccccc45)C31)C2C(=O)Oc1ccc(S(=O)(=O)O)c2ccccc12. The molecular formula is C38H33NO8S2. The van der Waals surface area contributed by atoms with Gasteiger partial charge in [-0.1, -0.05) is 72.8 Å². The predicted octanol–water partition coefficient (Wildman–Crippen LogP) is 5.55. The summed E-state index contributed by atoms with van der Waals surface area (Å²) in [4.78, 5) is 44.0. The van der Waals surface area contributed by atoms with Gasteiger partial charge in [-0.25, -0.2) is 0 Å². The zero-order valence-corrected chi connectivity index (χ0v) is 28.3. The van der Waals surface area contributed by atoms with Gasteiger partial charge in [0.15, 0.2) is 0 Å². The Kier molecular flexibility index (Phi) is 6.86. The maximum Gasteiger partial charge on any atom is 0.316 e. The van der Waals surface area contributed by atoms with Crippen LogP contribution in [0.1, 0.15) is 54.4 Å². The van der Waals surface area contributed by atoms with Crippen LogP contribution in [0.2, 0.25) is 0 Å². The number of benzene rings is 4. The van der Waals surface area contributed by atoms with E-state index in [9.17, 15) is 27.4 Å². The van der Waals surface area contributed by atoms with E-state index in [1.807, 2.05) is 38.1 Å². The van der Waals surface area contributed by atoms with Gasteiger partial charge in [-0.2, -0.15) is 8.42 Å². The van der Waals surface area contributed by atoms with Crippen LogP contribution in [-0.2, 0) is 29.2 Å². The highest BCUT2D eigenvalue weighted by Crippen LogP contribution is 2.61. The molecule has 10 rings (SSSR count). The molecule has 1 N–H and O–H groups in total. The van der Waals surface area contributed by atoms with Gasteiger partial charge in [0.05, 0.1) is 29.0 Å². The van der Waals surface area contributed by atoms with Crippen LogP contribution in [0.15, 0.2) is 89.8 Å². The maximum atomic E-state index is 14.4. The fraction of sp³-hybridized carbons (Fsp3) is 0.342. The smallest absolute Gasteiger partial charge is 0.316 e. The number of ether oxygens (including phenoxy) is 2. The third-order valence-electron chi connectivity index (χ3n) is 11.3. The number of hydrogen-bond acceptors (Lipinski definition) is 8. The highest BCUT2D eigenvalue weighted by Gasteiger charge is 2.72. The van der Waals surface area contributed by atoms with Crippen molar-refractivity contribution in [2.45, 2.75) is 65.7 Å². The molecule has 49 heavy (non-hydrogen) atoms. The maximum absolute atomic E-state index is 14.4. The summed E-state index contributed by atoms with van der Waals surface area (Å²) in [7, 11) is -4.53. The van der Waals surface area contributed by atoms with Gasteiger partial charge in [-0.15, -0.1) is 11.8 Å². The Morgan fingerprint density at radius 3 is 2.08 bits per heavy atom. The summed E-state index contributed by atoms with van der Waals surface area (Å²) in [6.45, 7) is 3.87. The minimum absolute atomic E-state index is 0.0821. The largest absolute Gasteiger partial charge is 0.459 e. The fourth-order valence-electron chi connectivity index (χ4n) is 9.48. The van der Waals surface area contributed by atoms with E-state index in [1.54, 1.807) is 23.1 Å². The van der Waals surface area contributed by atoms with Crippen molar-refractivity contribution in [1.82, 2.24) is 4.90 Å². The number of amides is 1. The molecule has 9 nitrogen and oxygen atoms in total. The van der Waals surface area contributed by atoms with E-state index in [0.29, 0.717) is 11.8 Å². The van der Waals surface area contributed by atoms with E-state index >= 15 is 0 Å². The molecular weight excluding hydrogens is 663 g/mol. The van der Waals surface area contributed by atoms with Crippen LogP contribution in [0.3, 0.4) is 0 Å². The van der Waals surface area contributed by atoms with Crippen LogP contribution in [0, 0.1) is 17.8 Å². The van der Waals surface area contributed by atoms with Crippen LogP contribution >= 0.6 is 11.8 Å². The van der Waals surface area contributed by atoms with Gasteiger partial charge in [-0.3, -0.25) is 18.9 Å². The van der Waals surface area contributed by atoms with Crippen molar-refractivity contribution in [3.63, 3.8) is 0 Å². The molecule has 1 amide bonds. The van der Waals surface area contributed by atoms with Gasteiger partial charge in [-0.05, 0) is 54.7 Å². The lowest BCUT2D eigenvalue weighted by Crippen LogP contribution is -2.52. The normalized spacial score (nSPS) is 30.5. The van der Waals surface area contributed by atoms with E-state index in [-0.39, 0.29) is 57.1 Å². The van der Waals surface area contributed by atoms with Crippen molar-refractivity contribution in [3.05, 3.63) is 107 Å². The molecule has 3 saturated heterocycles. The summed E-state index contributed by atoms with van der Waals surface area (Å²) in [5.41, 5.74) is 4.80. The number of nitrogens with zero attached hydrogens (tertiary/aromatic N) is 1. The lowest BCUT2D eigenvalue weighted by molar-refractivity contribution is -0.161. The molecule has 3 aliphatic carbocycles. The summed E-state index contributed by atoms with van der Waals surface area (Å²) in [5, 5.41) is -0.194. The Balaban J connectivity index is 1.04. The lowest BCUT2D eigenvalue weighted by atomic mass is 9.59. The number of thioether (sulfide) groups is 1. The molecule has 4 aromatic carbocycles. The quantitative estimate of drug-likeness (QED) is 0.157. The molecule has 6 aliphatic rings. The van der Waals surface area contributed by atoms with E-state index in [2.05, 4.69) is 24.3 Å². The molecule has 4 bridgehead atoms. The molecule has 3 heterocycles. The summed E-state index contributed by atoms with van der Waals surface area (Å²) in [5.74, 6) is -2.93. The highest BCUT2D eigenvalue weighted by atomic mass is 32.2. The van der Waals surface area contributed by atoms with Crippen molar-refractivity contribution >= 4 is 50.5 Å². The van der Waals surface area contributed by atoms with Gasteiger partial charge in [0.25, 0.3) is 10.1 Å². The van der Waals surface area contributed by atoms with Crippen LogP contribution in [0.4, 0.5) is 0 Å². The zero-order valence-electron chi connectivity index (χ0n) is 26.6. The van der Waals surface area contributed by atoms with Crippen molar-refractivity contribution in [2.75, 3.05) is 0 Å². The molecule has 250 valence electrons. The number of fused-ring (bicyclic) bond motifs is 3. The number of rotatable bonds is 6. The molecule has 3 aliphatic heterocycles. The molecule has 7 unspecified atom stereocenters. The highest BCUT2D eigenvalue weighted by molar-refractivity contribution is 8.01. The number of hydrogen-bond donors (Lipinski definition) is 1. The van der Waals surface area contributed by atoms with Crippen LogP contribution in [-0.4, -0.2) is 64.4 Å². The Morgan fingerprint density at radius 1 is 0.837 bits per heavy atom. The molecule has 3 fully saturated rings. The van der Waals surface area contributed by atoms with Gasteiger partial charge in [0.1, 0.15) is 16.7 Å². The average molecular weight is 696 g/mol. The molecule has 0 saturated carbocycles. The van der Waals surface area contributed by atoms with Crippen LogP contribution in [0.25, 0.3) is 10.8 Å². The van der Waals surface area contributed by atoms with E-state index in [0.717, 1.165) is 11.1 Å². The Morgan fingerprint density at radius 2 is 1.45 bits per heavy atom. The van der Waals surface area contributed by atoms with Crippen molar-refractivity contribution in [1.29, 1.82) is 0 Å². The first-order valence-corrected chi connectivity index (χ1v) is 19.0. The molecule has 0 spiro atoms. The predicted molar refractivity (Wildman–Crippen MR) is 182 cm³/mol. The first kappa shape index (κ1) is 30.8. The third kappa shape index (κ3) is 4.41. The Bertz CT molecular complexity index is 2150. The third-order valence-corrected chi connectivity index (χ3v) is 14.0. The summed E-state index contributed by atoms with van der Waals surface area (Å²) >= 11 is 1.53. The standard InChI is InChI=1S/C38H33NO8S2/c1-18(2)39-32-33(47-37(41)26-17-25-19-9-3-7-13-23(19)29(26)24-14-8-4-10-20(24)25)35-31(30(36(39)40)34(32)48-35)38(42)46-27-15-16-28(49(43,44)45)22-12-6-5-11-21(22)27/h3-16,18,25-26,29-35H,17H2,1-2H3,(H,43,44,45). The number of esters is 2. The second-order valence-electron chi connectivity index (χ2n) is 14.0. The molecule has 11 heteroatoms. The number of likely N-dealkylation sites (tertiary alicyclic amines) is 1. The topological polar surface area (TPSA) is 127 Å².